The van der Waals surface area contributed by atoms with Crippen LogP contribution in [0.25, 0.3) is 0 Å². The lowest BCUT2D eigenvalue weighted by Gasteiger charge is -2.53. The third-order valence-corrected chi connectivity index (χ3v) is 5.26. The summed E-state index contributed by atoms with van der Waals surface area (Å²) in [6, 6.07) is 0. The summed E-state index contributed by atoms with van der Waals surface area (Å²) in [4.78, 5) is 0. The van der Waals surface area contributed by atoms with Crippen molar-refractivity contribution >= 4 is 0 Å². The standard InChI is InChI=1S/C15H26O/c1-10(2)12-7-9-15(4)8-5-6-11(3)13(15)14(12)16/h11-14,16H,1,5-9H2,2-4H3/t11-,12-,13-,14+,15+/m0/s1. The van der Waals surface area contributed by atoms with Crippen molar-refractivity contribution < 1.29 is 5.11 Å². The lowest BCUT2D eigenvalue weighted by molar-refractivity contribution is -0.0934. The van der Waals surface area contributed by atoms with E-state index in [9.17, 15) is 5.11 Å². The molecule has 0 radical (unpaired) electrons. The van der Waals surface area contributed by atoms with E-state index in [0.717, 1.165) is 6.42 Å². The SMILES string of the molecule is C=C(C)[C@@H]1CC[C@@]2(C)CCC[C@H](C)[C@H]2[C@@H]1O. The average Bonchev–Trinajstić information content (AvgIpc) is 2.16. The number of hydrogen-bond acceptors (Lipinski definition) is 1. The Bertz CT molecular complexity index is 283. The lowest BCUT2D eigenvalue weighted by atomic mass is 9.53. The minimum atomic E-state index is -0.147. The fraction of sp³-hybridized carbons (Fsp3) is 0.867. The molecule has 0 aromatic rings. The van der Waals surface area contributed by atoms with Gasteiger partial charge in [0.15, 0.2) is 0 Å². The van der Waals surface area contributed by atoms with E-state index < -0.39 is 0 Å². The van der Waals surface area contributed by atoms with Gasteiger partial charge >= 0.3 is 0 Å². The summed E-state index contributed by atoms with van der Waals surface area (Å²) < 4.78 is 0. The quantitative estimate of drug-likeness (QED) is 0.669. The first-order valence-electron chi connectivity index (χ1n) is 6.79. The molecule has 16 heavy (non-hydrogen) atoms. The van der Waals surface area contributed by atoms with Gasteiger partial charge in [-0.2, -0.15) is 0 Å². The van der Waals surface area contributed by atoms with E-state index in [1.54, 1.807) is 0 Å². The van der Waals surface area contributed by atoms with E-state index >= 15 is 0 Å². The maximum Gasteiger partial charge on any atom is 0.0641 e. The van der Waals surface area contributed by atoms with Crippen molar-refractivity contribution in [1.82, 2.24) is 0 Å². The van der Waals surface area contributed by atoms with Crippen molar-refractivity contribution in [2.45, 2.75) is 59.0 Å². The van der Waals surface area contributed by atoms with E-state index in [2.05, 4.69) is 27.4 Å². The van der Waals surface area contributed by atoms with Gasteiger partial charge in [0.2, 0.25) is 0 Å². The van der Waals surface area contributed by atoms with Crippen molar-refractivity contribution in [2.24, 2.45) is 23.2 Å². The maximum atomic E-state index is 10.6. The molecule has 0 spiro atoms. The van der Waals surface area contributed by atoms with Crippen LogP contribution in [0.1, 0.15) is 52.9 Å². The predicted octanol–water partition coefficient (Wildman–Crippen LogP) is 3.78. The van der Waals surface area contributed by atoms with Crippen molar-refractivity contribution in [3.05, 3.63) is 12.2 Å². The molecule has 92 valence electrons. The third-order valence-electron chi connectivity index (χ3n) is 5.26. The molecule has 0 saturated heterocycles. The zero-order valence-corrected chi connectivity index (χ0v) is 11.0. The molecular formula is C15H26O. The highest BCUT2D eigenvalue weighted by Crippen LogP contribution is 2.54. The first kappa shape index (κ1) is 12.2. The Morgan fingerprint density at radius 2 is 2.00 bits per heavy atom. The Morgan fingerprint density at radius 3 is 2.62 bits per heavy atom. The van der Waals surface area contributed by atoms with Crippen LogP contribution in [-0.2, 0) is 0 Å². The molecule has 0 heterocycles. The number of aliphatic hydroxyl groups excluding tert-OH is 1. The molecule has 2 aliphatic rings. The Labute approximate surface area is 99.9 Å². The van der Waals surface area contributed by atoms with Crippen molar-refractivity contribution in [1.29, 1.82) is 0 Å². The highest BCUT2D eigenvalue weighted by Gasteiger charge is 2.49. The van der Waals surface area contributed by atoms with Crippen LogP contribution in [-0.4, -0.2) is 11.2 Å². The fourth-order valence-electron chi connectivity index (χ4n) is 4.35. The fourth-order valence-corrected chi connectivity index (χ4v) is 4.35. The van der Waals surface area contributed by atoms with Gasteiger partial charge in [0, 0.05) is 5.92 Å². The van der Waals surface area contributed by atoms with Crippen LogP contribution < -0.4 is 0 Å². The average molecular weight is 222 g/mol. The summed E-state index contributed by atoms with van der Waals surface area (Å²) in [7, 11) is 0. The zero-order chi connectivity index (χ0) is 11.9. The van der Waals surface area contributed by atoms with Gasteiger partial charge in [-0.15, -0.1) is 0 Å². The largest absolute Gasteiger partial charge is 0.392 e. The number of hydrogen-bond donors (Lipinski definition) is 1. The van der Waals surface area contributed by atoms with Crippen LogP contribution >= 0.6 is 0 Å². The second-order valence-electron chi connectivity index (χ2n) is 6.53. The molecule has 0 aliphatic heterocycles. The molecule has 2 rings (SSSR count). The lowest BCUT2D eigenvalue weighted by Crippen LogP contribution is -2.50. The van der Waals surface area contributed by atoms with Crippen LogP contribution in [0, 0.1) is 23.2 Å². The van der Waals surface area contributed by atoms with Gasteiger partial charge in [-0.25, -0.2) is 0 Å². The van der Waals surface area contributed by atoms with E-state index in [4.69, 9.17) is 0 Å². The molecule has 0 aromatic carbocycles. The van der Waals surface area contributed by atoms with E-state index in [-0.39, 0.29) is 6.10 Å². The molecule has 2 saturated carbocycles. The minimum absolute atomic E-state index is 0.147. The van der Waals surface area contributed by atoms with E-state index in [0.29, 0.717) is 23.2 Å². The van der Waals surface area contributed by atoms with Crippen molar-refractivity contribution in [2.75, 3.05) is 0 Å². The van der Waals surface area contributed by atoms with Gasteiger partial charge in [0.1, 0.15) is 0 Å². The van der Waals surface area contributed by atoms with Gasteiger partial charge < -0.3 is 5.11 Å². The second kappa shape index (κ2) is 4.18. The molecule has 0 bridgehead atoms. The van der Waals surface area contributed by atoms with Gasteiger partial charge in [0.25, 0.3) is 0 Å². The monoisotopic (exact) mass is 222 g/mol. The van der Waals surface area contributed by atoms with Gasteiger partial charge in [-0.3, -0.25) is 0 Å². The smallest absolute Gasteiger partial charge is 0.0641 e. The predicted molar refractivity (Wildman–Crippen MR) is 68.2 cm³/mol. The molecule has 2 aliphatic carbocycles. The van der Waals surface area contributed by atoms with Crippen molar-refractivity contribution in [3.63, 3.8) is 0 Å². The summed E-state index contributed by atoms with van der Waals surface area (Å²) in [5.41, 5.74) is 1.57. The number of fused-ring (bicyclic) bond motifs is 1. The summed E-state index contributed by atoms with van der Waals surface area (Å²) >= 11 is 0. The van der Waals surface area contributed by atoms with E-state index in [1.165, 1.54) is 31.3 Å². The normalized spacial score (nSPS) is 48.5. The van der Waals surface area contributed by atoms with Crippen LogP contribution in [0.3, 0.4) is 0 Å². The minimum Gasteiger partial charge on any atom is -0.392 e. The molecule has 1 N–H and O–H groups in total. The maximum absolute atomic E-state index is 10.6. The van der Waals surface area contributed by atoms with E-state index in [1.807, 2.05) is 0 Å². The third kappa shape index (κ3) is 1.84. The zero-order valence-electron chi connectivity index (χ0n) is 11.0. The summed E-state index contributed by atoms with van der Waals surface area (Å²) in [6.07, 6.45) is 6.21. The molecule has 0 amide bonds. The number of aliphatic hydroxyl groups is 1. The summed E-state index contributed by atoms with van der Waals surface area (Å²) in [5.74, 6) is 1.52. The second-order valence-corrected chi connectivity index (χ2v) is 6.53. The first-order chi connectivity index (χ1) is 7.46. The summed E-state index contributed by atoms with van der Waals surface area (Å²) in [5, 5.41) is 10.6. The van der Waals surface area contributed by atoms with Crippen LogP contribution in [0.5, 0.6) is 0 Å². The molecule has 0 unspecified atom stereocenters. The Morgan fingerprint density at radius 1 is 1.31 bits per heavy atom. The molecular weight excluding hydrogens is 196 g/mol. The molecule has 5 atom stereocenters. The first-order valence-corrected chi connectivity index (χ1v) is 6.79. The van der Waals surface area contributed by atoms with Gasteiger partial charge in [-0.1, -0.05) is 38.8 Å². The highest BCUT2D eigenvalue weighted by atomic mass is 16.3. The molecule has 1 heteroatoms. The van der Waals surface area contributed by atoms with Crippen LogP contribution in [0.15, 0.2) is 12.2 Å². The molecule has 2 fully saturated rings. The topological polar surface area (TPSA) is 20.2 Å². The van der Waals surface area contributed by atoms with Gasteiger partial charge in [0.05, 0.1) is 6.10 Å². The highest BCUT2D eigenvalue weighted by molar-refractivity contribution is 5.08. The molecule has 0 aromatic heterocycles. The summed E-state index contributed by atoms with van der Waals surface area (Å²) in [6.45, 7) is 10.8. The Kier molecular flexibility index (Phi) is 3.18. The Balaban J connectivity index is 2.23. The molecule has 1 nitrogen and oxygen atoms in total. The van der Waals surface area contributed by atoms with Crippen LogP contribution in [0.2, 0.25) is 0 Å². The Hall–Kier alpha value is -0.300. The number of rotatable bonds is 1. The van der Waals surface area contributed by atoms with Crippen molar-refractivity contribution in [3.8, 4) is 0 Å². The van der Waals surface area contributed by atoms with Crippen LogP contribution in [0.4, 0.5) is 0 Å². The van der Waals surface area contributed by atoms with Gasteiger partial charge in [-0.05, 0) is 43.4 Å².